The molecule has 0 aliphatic carbocycles. The highest BCUT2D eigenvalue weighted by Gasteiger charge is 2.22. The van der Waals surface area contributed by atoms with Crippen LogP contribution in [0.15, 0.2) is 24.3 Å². The largest absolute Gasteiger partial charge is 0.449 e. The number of halogens is 1. The second-order valence-electron chi connectivity index (χ2n) is 7.56. The van der Waals surface area contributed by atoms with Crippen LogP contribution in [0.5, 0.6) is 0 Å². The van der Waals surface area contributed by atoms with Gasteiger partial charge in [-0.1, -0.05) is 13.8 Å². The van der Waals surface area contributed by atoms with Crippen molar-refractivity contribution < 1.29 is 23.5 Å². The first-order chi connectivity index (χ1) is 13.9. The molecule has 1 heterocycles. The van der Waals surface area contributed by atoms with Crippen LogP contribution >= 0.6 is 0 Å². The molecular formula is C21H30FN3O4. The normalized spacial score (nSPS) is 14.5. The van der Waals surface area contributed by atoms with Gasteiger partial charge in [0, 0.05) is 44.7 Å². The number of hydrogen-bond donors (Lipinski definition) is 1. The highest BCUT2D eigenvalue weighted by Crippen LogP contribution is 2.08. The number of nitrogens with one attached hydrogen (secondary N) is 1. The number of nitrogens with zero attached hydrogens (tertiary/aromatic N) is 2. The third-order valence-corrected chi connectivity index (χ3v) is 4.61. The van der Waals surface area contributed by atoms with Crippen LogP contribution < -0.4 is 5.32 Å². The van der Waals surface area contributed by atoms with Crippen molar-refractivity contribution in [1.82, 2.24) is 15.1 Å². The van der Waals surface area contributed by atoms with Gasteiger partial charge in [0.2, 0.25) is 5.91 Å². The van der Waals surface area contributed by atoms with E-state index >= 15 is 0 Å². The first-order valence-electron chi connectivity index (χ1n) is 10.1. The van der Waals surface area contributed by atoms with Gasteiger partial charge in [-0.2, -0.15) is 0 Å². The van der Waals surface area contributed by atoms with Crippen molar-refractivity contribution in [2.45, 2.75) is 33.1 Å². The summed E-state index contributed by atoms with van der Waals surface area (Å²) in [6, 6.07) is 5.31. The van der Waals surface area contributed by atoms with Gasteiger partial charge in [-0.3, -0.25) is 9.59 Å². The van der Waals surface area contributed by atoms with Crippen molar-refractivity contribution in [2.75, 3.05) is 39.3 Å². The van der Waals surface area contributed by atoms with E-state index in [0.29, 0.717) is 64.2 Å². The molecule has 1 aromatic rings. The lowest BCUT2D eigenvalue weighted by Gasteiger charge is -2.22. The maximum Gasteiger partial charge on any atom is 0.409 e. The second-order valence-corrected chi connectivity index (χ2v) is 7.56. The minimum absolute atomic E-state index is 0.0124. The topological polar surface area (TPSA) is 79.0 Å². The van der Waals surface area contributed by atoms with E-state index in [1.54, 1.807) is 9.80 Å². The molecular weight excluding hydrogens is 377 g/mol. The molecule has 29 heavy (non-hydrogen) atoms. The van der Waals surface area contributed by atoms with Crippen molar-refractivity contribution >= 4 is 17.9 Å². The highest BCUT2D eigenvalue weighted by atomic mass is 19.1. The summed E-state index contributed by atoms with van der Waals surface area (Å²) in [5.41, 5.74) is 0.384. The Morgan fingerprint density at radius 3 is 2.41 bits per heavy atom. The average Bonchev–Trinajstić information content (AvgIpc) is 2.96. The first kappa shape index (κ1) is 22.6. The number of hydrogen-bond acceptors (Lipinski definition) is 4. The molecule has 0 bridgehead atoms. The van der Waals surface area contributed by atoms with Crippen molar-refractivity contribution in [3.8, 4) is 0 Å². The van der Waals surface area contributed by atoms with E-state index in [4.69, 9.17) is 4.74 Å². The third kappa shape index (κ3) is 7.71. The Labute approximate surface area is 171 Å². The van der Waals surface area contributed by atoms with Crippen LogP contribution in [-0.4, -0.2) is 67.0 Å². The molecule has 0 aromatic heterocycles. The molecule has 1 aliphatic heterocycles. The summed E-state index contributed by atoms with van der Waals surface area (Å²) in [5.74, 6) is -0.384. The minimum Gasteiger partial charge on any atom is -0.449 e. The van der Waals surface area contributed by atoms with Crippen molar-refractivity contribution in [3.63, 3.8) is 0 Å². The molecule has 1 aliphatic rings. The lowest BCUT2D eigenvalue weighted by molar-refractivity contribution is -0.131. The van der Waals surface area contributed by atoms with Gasteiger partial charge in [0.25, 0.3) is 5.91 Å². The second kappa shape index (κ2) is 11.4. The van der Waals surface area contributed by atoms with E-state index in [1.807, 2.05) is 13.8 Å². The van der Waals surface area contributed by atoms with Crippen LogP contribution in [0.4, 0.5) is 9.18 Å². The van der Waals surface area contributed by atoms with E-state index in [0.717, 1.165) is 0 Å². The van der Waals surface area contributed by atoms with E-state index < -0.39 is 5.82 Å². The highest BCUT2D eigenvalue weighted by molar-refractivity contribution is 5.94. The fourth-order valence-electron chi connectivity index (χ4n) is 2.98. The van der Waals surface area contributed by atoms with Gasteiger partial charge in [-0.25, -0.2) is 9.18 Å². The maximum absolute atomic E-state index is 12.9. The zero-order valence-corrected chi connectivity index (χ0v) is 17.2. The van der Waals surface area contributed by atoms with Gasteiger partial charge < -0.3 is 19.9 Å². The summed E-state index contributed by atoms with van der Waals surface area (Å²) in [5, 5.41) is 2.73. The van der Waals surface area contributed by atoms with Crippen LogP contribution in [0.3, 0.4) is 0 Å². The fraction of sp³-hybridized carbons (Fsp3) is 0.571. The van der Waals surface area contributed by atoms with Gasteiger partial charge in [-0.05, 0) is 43.0 Å². The Morgan fingerprint density at radius 1 is 1.07 bits per heavy atom. The maximum atomic E-state index is 12.9. The zero-order chi connectivity index (χ0) is 21.2. The van der Waals surface area contributed by atoms with E-state index in [1.165, 1.54) is 24.3 Å². The van der Waals surface area contributed by atoms with Gasteiger partial charge in [0.05, 0.1) is 6.61 Å². The number of amides is 3. The molecule has 3 amide bonds. The molecule has 160 valence electrons. The molecule has 0 unspecified atom stereocenters. The fourth-order valence-corrected chi connectivity index (χ4v) is 2.98. The predicted octanol–water partition coefficient (Wildman–Crippen LogP) is 2.66. The van der Waals surface area contributed by atoms with Crippen LogP contribution in [-0.2, 0) is 9.53 Å². The number of carbonyl (C=O) groups excluding carboxylic acids is 3. The van der Waals surface area contributed by atoms with Crippen LogP contribution in [0.25, 0.3) is 0 Å². The summed E-state index contributed by atoms with van der Waals surface area (Å²) in [6.07, 6.45) is 1.23. The summed E-state index contributed by atoms with van der Waals surface area (Å²) in [7, 11) is 0. The Kier molecular flexibility index (Phi) is 8.89. The van der Waals surface area contributed by atoms with Crippen LogP contribution in [0.2, 0.25) is 0 Å². The van der Waals surface area contributed by atoms with Crippen molar-refractivity contribution in [1.29, 1.82) is 0 Å². The smallest absolute Gasteiger partial charge is 0.409 e. The minimum atomic E-state index is -0.392. The van der Waals surface area contributed by atoms with Crippen LogP contribution in [0.1, 0.15) is 43.5 Å². The Balaban J connectivity index is 1.68. The summed E-state index contributed by atoms with van der Waals surface area (Å²) < 4.78 is 18.1. The zero-order valence-electron chi connectivity index (χ0n) is 17.2. The van der Waals surface area contributed by atoms with Gasteiger partial charge in [0.15, 0.2) is 0 Å². The first-order valence-corrected chi connectivity index (χ1v) is 10.1. The summed E-state index contributed by atoms with van der Waals surface area (Å²) in [6.45, 7) is 6.85. The molecule has 7 nitrogen and oxygen atoms in total. The molecule has 2 rings (SSSR count). The van der Waals surface area contributed by atoms with Gasteiger partial charge in [0.1, 0.15) is 5.82 Å². The lowest BCUT2D eigenvalue weighted by atomic mass is 10.2. The number of carbonyl (C=O) groups is 3. The number of ether oxygens (including phenoxy) is 1. The molecule has 1 aromatic carbocycles. The molecule has 1 N–H and O–H groups in total. The lowest BCUT2D eigenvalue weighted by Crippen LogP contribution is -2.38. The summed E-state index contributed by atoms with van der Waals surface area (Å²) >= 11 is 0. The number of rotatable bonds is 7. The third-order valence-electron chi connectivity index (χ3n) is 4.61. The molecule has 8 heteroatoms. The van der Waals surface area contributed by atoms with Crippen molar-refractivity contribution in [2.24, 2.45) is 5.92 Å². The molecule has 0 radical (unpaired) electrons. The standard InChI is InChI=1S/C21H30FN3O4/c1-16(2)15-29-21(28)25-12-4-11-24(13-14-25)19(26)5-3-10-23-20(27)17-6-8-18(22)9-7-17/h6-9,16H,3-5,10-15H2,1-2H3,(H,23,27). The molecule has 0 spiro atoms. The molecule has 1 saturated heterocycles. The van der Waals surface area contributed by atoms with E-state index in [2.05, 4.69) is 5.32 Å². The van der Waals surface area contributed by atoms with Crippen LogP contribution in [0, 0.1) is 11.7 Å². The van der Waals surface area contributed by atoms with Crippen molar-refractivity contribution in [3.05, 3.63) is 35.6 Å². The predicted molar refractivity (Wildman–Crippen MR) is 107 cm³/mol. The number of benzene rings is 1. The molecule has 0 saturated carbocycles. The van der Waals surface area contributed by atoms with Gasteiger partial charge in [-0.15, -0.1) is 0 Å². The quantitative estimate of drug-likeness (QED) is 0.705. The Bertz CT molecular complexity index is 694. The SMILES string of the molecule is CC(C)COC(=O)N1CCCN(C(=O)CCCNC(=O)c2ccc(F)cc2)CC1. The van der Waals surface area contributed by atoms with E-state index in [-0.39, 0.29) is 23.8 Å². The van der Waals surface area contributed by atoms with Gasteiger partial charge >= 0.3 is 6.09 Å². The Morgan fingerprint density at radius 2 is 1.72 bits per heavy atom. The summed E-state index contributed by atoms with van der Waals surface area (Å²) in [4.78, 5) is 39.9. The average molecular weight is 407 g/mol. The van der Waals surface area contributed by atoms with E-state index in [9.17, 15) is 18.8 Å². The molecule has 1 fully saturated rings. The monoisotopic (exact) mass is 407 g/mol. The molecule has 0 atom stereocenters. The Hall–Kier alpha value is -2.64.